The fraction of sp³-hybridized carbons (Fsp3) is 0.143. The number of hydrogen-bond acceptors (Lipinski definition) is 5. The van der Waals surface area contributed by atoms with Crippen LogP contribution in [0.25, 0.3) is 0 Å². The Hall–Kier alpha value is -2.29. The number of hydrazine groups is 1. The lowest BCUT2D eigenvalue weighted by Gasteiger charge is -2.20. The Morgan fingerprint density at radius 3 is 2.90 bits per heavy atom. The van der Waals surface area contributed by atoms with Gasteiger partial charge in [0, 0.05) is 12.7 Å². The second kappa shape index (κ2) is 6.24. The summed E-state index contributed by atoms with van der Waals surface area (Å²) in [7, 11) is 1.91. The minimum atomic E-state index is 0.517. The van der Waals surface area contributed by atoms with E-state index >= 15 is 0 Å². The van der Waals surface area contributed by atoms with Gasteiger partial charge >= 0.3 is 0 Å². The highest BCUT2D eigenvalue weighted by Gasteiger charge is 2.08. The molecule has 1 aromatic carbocycles. The molecule has 0 saturated heterocycles. The van der Waals surface area contributed by atoms with Gasteiger partial charge in [0.25, 0.3) is 0 Å². The van der Waals surface area contributed by atoms with E-state index in [9.17, 15) is 0 Å². The maximum atomic E-state index is 8.92. The van der Waals surface area contributed by atoms with Crippen LogP contribution in [-0.4, -0.2) is 12.0 Å². The number of nitrogen functional groups attached to an aromatic ring is 1. The molecule has 20 heavy (non-hydrogen) atoms. The van der Waals surface area contributed by atoms with Gasteiger partial charge in [-0.05, 0) is 30.3 Å². The molecule has 0 fully saturated rings. The Balaban J connectivity index is 2.23. The topological polar surface area (TPSA) is 78.0 Å². The first-order chi connectivity index (χ1) is 9.63. The second-order valence-corrected chi connectivity index (χ2v) is 4.69. The summed E-state index contributed by atoms with van der Waals surface area (Å²) in [5.41, 5.74) is 4.75. The number of pyridine rings is 1. The van der Waals surface area contributed by atoms with Crippen molar-refractivity contribution in [3.05, 3.63) is 52.7 Å². The average Bonchev–Trinajstić information content (AvgIpc) is 2.49. The van der Waals surface area contributed by atoms with Gasteiger partial charge in [0.2, 0.25) is 0 Å². The van der Waals surface area contributed by atoms with E-state index in [-0.39, 0.29) is 0 Å². The van der Waals surface area contributed by atoms with E-state index in [2.05, 4.69) is 16.5 Å². The van der Waals surface area contributed by atoms with Crippen LogP contribution >= 0.6 is 11.6 Å². The van der Waals surface area contributed by atoms with E-state index < -0.39 is 0 Å². The third-order valence-electron chi connectivity index (χ3n) is 2.87. The predicted molar refractivity (Wildman–Crippen MR) is 80.3 cm³/mol. The number of hydrogen-bond donors (Lipinski definition) is 2. The van der Waals surface area contributed by atoms with Crippen LogP contribution in [0.15, 0.2) is 36.4 Å². The normalized spacial score (nSPS) is 9.90. The summed E-state index contributed by atoms with van der Waals surface area (Å²) >= 11 is 6.13. The van der Waals surface area contributed by atoms with Crippen LogP contribution in [-0.2, 0) is 6.54 Å². The van der Waals surface area contributed by atoms with E-state index in [4.69, 9.17) is 22.7 Å². The van der Waals surface area contributed by atoms with Crippen molar-refractivity contribution >= 4 is 23.1 Å². The quantitative estimate of drug-likeness (QED) is 0.667. The Morgan fingerprint density at radius 1 is 1.40 bits per heavy atom. The van der Waals surface area contributed by atoms with E-state index in [0.717, 1.165) is 5.69 Å². The lowest BCUT2D eigenvalue weighted by molar-refractivity contribution is 0.885. The summed E-state index contributed by atoms with van der Waals surface area (Å²) in [6.07, 6.45) is 0. The molecule has 3 N–H and O–H groups in total. The molecule has 0 aliphatic heterocycles. The van der Waals surface area contributed by atoms with Gasteiger partial charge in [0.15, 0.2) is 0 Å². The van der Waals surface area contributed by atoms with Crippen molar-refractivity contribution in [2.24, 2.45) is 5.84 Å². The number of nitriles is 1. The first-order valence-corrected chi connectivity index (χ1v) is 6.35. The van der Waals surface area contributed by atoms with E-state index in [1.54, 1.807) is 18.2 Å². The summed E-state index contributed by atoms with van der Waals surface area (Å²) in [5.74, 6) is 5.90. The van der Waals surface area contributed by atoms with Gasteiger partial charge in [-0.15, -0.1) is 0 Å². The first-order valence-electron chi connectivity index (χ1n) is 5.97. The van der Waals surface area contributed by atoms with Crippen LogP contribution in [0.5, 0.6) is 0 Å². The Kier molecular flexibility index (Phi) is 4.41. The van der Waals surface area contributed by atoms with E-state index in [1.807, 2.05) is 30.1 Å². The summed E-state index contributed by atoms with van der Waals surface area (Å²) in [6, 6.07) is 12.9. The molecule has 1 heterocycles. The largest absolute Gasteiger partial charge is 0.369 e. The number of anilines is 2. The smallest absolute Gasteiger partial charge is 0.140 e. The predicted octanol–water partition coefficient (Wildman–Crippen LogP) is 2.53. The van der Waals surface area contributed by atoms with E-state index in [1.165, 1.54) is 0 Å². The minimum Gasteiger partial charge on any atom is -0.369 e. The van der Waals surface area contributed by atoms with Gasteiger partial charge in [0.05, 0.1) is 28.9 Å². The van der Waals surface area contributed by atoms with Crippen molar-refractivity contribution in [1.82, 2.24) is 4.98 Å². The molecule has 0 unspecified atom stereocenters. The molecule has 2 rings (SSSR count). The zero-order valence-corrected chi connectivity index (χ0v) is 11.7. The number of nitrogens with one attached hydrogen (secondary N) is 1. The maximum absolute atomic E-state index is 8.92. The van der Waals surface area contributed by atoms with Gasteiger partial charge < -0.3 is 10.3 Å². The molecule has 0 radical (unpaired) electrons. The van der Waals surface area contributed by atoms with Crippen LogP contribution in [0.1, 0.15) is 11.3 Å². The monoisotopic (exact) mass is 287 g/mol. The average molecular weight is 288 g/mol. The molecule has 2 aromatic rings. The molecular weight excluding hydrogens is 274 g/mol. The molecule has 0 bridgehead atoms. The molecule has 0 aliphatic rings. The van der Waals surface area contributed by atoms with Crippen molar-refractivity contribution < 1.29 is 0 Å². The minimum absolute atomic E-state index is 0.517. The Labute approximate surface area is 122 Å². The second-order valence-electron chi connectivity index (χ2n) is 4.29. The zero-order valence-electron chi connectivity index (χ0n) is 11.0. The van der Waals surface area contributed by atoms with Gasteiger partial charge in [-0.25, -0.2) is 10.8 Å². The third-order valence-corrected chi connectivity index (χ3v) is 3.21. The van der Waals surface area contributed by atoms with Crippen molar-refractivity contribution in [2.45, 2.75) is 6.54 Å². The molecule has 102 valence electrons. The molecule has 0 spiro atoms. The van der Waals surface area contributed by atoms with E-state index in [0.29, 0.717) is 28.6 Å². The van der Waals surface area contributed by atoms with Crippen molar-refractivity contribution in [3.63, 3.8) is 0 Å². The van der Waals surface area contributed by atoms with Crippen molar-refractivity contribution in [2.75, 3.05) is 17.4 Å². The number of benzene rings is 1. The highest BCUT2D eigenvalue weighted by atomic mass is 35.5. The molecule has 0 atom stereocenters. The van der Waals surface area contributed by atoms with Gasteiger partial charge in [-0.3, -0.25) is 0 Å². The molecular formula is C14H14ClN5. The summed E-state index contributed by atoms with van der Waals surface area (Å²) in [6.45, 7) is 0.517. The fourth-order valence-electron chi connectivity index (χ4n) is 1.80. The zero-order chi connectivity index (χ0) is 14.5. The van der Waals surface area contributed by atoms with Crippen molar-refractivity contribution in [3.8, 4) is 6.07 Å². The van der Waals surface area contributed by atoms with Gasteiger partial charge in [0.1, 0.15) is 5.82 Å². The lowest BCUT2D eigenvalue weighted by atomic mass is 10.2. The standard InChI is InChI=1S/C14H14ClN5/c1-20(11-4-2-3-10(7-11)8-16)9-13-12(15)5-6-14(18-13)19-17/h2-7H,9,17H2,1H3,(H,18,19). The Bertz CT molecular complexity index is 650. The molecule has 1 aromatic heterocycles. The Morgan fingerprint density at radius 2 is 2.20 bits per heavy atom. The van der Waals surface area contributed by atoms with Crippen LogP contribution < -0.4 is 16.2 Å². The van der Waals surface area contributed by atoms with Crippen LogP contribution in [0.3, 0.4) is 0 Å². The van der Waals surface area contributed by atoms with Gasteiger partial charge in [-0.1, -0.05) is 17.7 Å². The third kappa shape index (κ3) is 3.18. The van der Waals surface area contributed by atoms with Gasteiger partial charge in [-0.2, -0.15) is 5.26 Å². The number of nitrogens with two attached hydrogens (primary N) is 1. The summed E-state index contributed by atoms with van der Waals surface area (Å²) < 4.78 is 0. The highest BCUT2D eigenvalue weighted by Crippen LogP contribution is 2.21. The first kappa shape index (κ1) is 14.1. The maximum Gasteiger partial charge on any atom is 0.140 e. The molecule has 6 heteroatoms. The molecule has 0 amide bonds. The van der Waals surface area contributed by atoms with Crippen molar-refractivity contribution in [1.29, 1.82) is 5.26 Å². The highest BCUT2D eigenvalue weighted by molar-refractivity contribution is 6.31. The molecule has 5 nitrogen and oxygen atoms in total. The number of rotatable bonds is 4. The SMILES string of the molecule is CN(Cc1nc(NN)ccc1Cl)c1cccc(C#N)c1. The van der Waals surface area contributed by atoms with Crippen LogP contribution in [0.2, 0.25) is 5.02 Å². The summed E-state index contributed by atoms with van der Waals surface area (Å²) in [4.78, 5) is 6.29. The number of nitrogens with zero attached hydrogens (tertiary/aromatic N) is 3. The fourth-order valence-corrected chi connectivity index (χ4v) is 1.97. The number of halogens is 1. The summed E-state index contributed by atoms with van der Waals surface area (Å²) in [5, 5.41) is 9.50. The lowest BCUT2D eigenvalue weighted by Crippen LogP contribution is -2.18. The number of aromatic nitrogens is 1. The molecule has 0 saturated carbocycles. The van der Waals surface area contributed by atoms with Crippen LogP contribution in [0.4, 0.5) is 11.5 Å². The van der Waals surface area contributed by atoms with Crippen LogP contribution in [0, 0.1) is 11.3 Å². The molecule has 0 aliphatic carbocycles.